The molecule has 0 aromatic heterocycles. The lowest BCUT2D eigenvalue weighted by Gasteiger charge is -2.31. The highest BCUT2D eigenvalue weighted by molar-refractivity contribution is 5.75. The van der Waals surface area contributed by atoms with Crippen molar-refractivity contribution in [1.29, 1.82) is 0 Å². The predicted octanol–water partition coefficient (Wildman–Crippen LogP) is 5.80. The number of nitro groups is 1. The van der Waals surface area contributed by atoms with E-state index < -0.39 is 0 Å². The first kappa shape index (κ1) is 26.1. The number of ether oxygens (including phenoxy) is 1. The average molecular weight is 494 g/mol. The van der Waals surface area contributed by atoms with Crippen LogP contribution in [0.3, 0.4) is 0 Å². The van der Waals surface area contributed by atoms with Crippen molar-refractivity contribution in [3.05, 3.63) is 69.8 Å². The Hall–Kier alpha value is -2.93. The molecule has 1 heterocycles. The third kappa shape index (κ3) is 7.06. The molecule has 1 saturated carbocycles. The molecule has 0 saturated heterocycles. The number of hydrogen-bond donors (Lipinski definition) is 1. The summed E-state index contributed by atoms with van der Waals surface area (Å²) in [6.45, 7) is 3.67. The molecule has 0 spiro atoms. The summed E-state index contributed by atoms with van der Waals surface area (Å²) >= 11 is 0. The zero-order valence-corrected chi connectivity index (χ0v) is 21.4. The Labute approximate surface area is 214 Å². The van der Waals surface area contributed by atoms with Gasteiger partial charge in [0.2, 0.25) is 0 Å². The fraction of sp³-hybridized carbons (Fsp3) is 0.552. The first-order valence-corrected chi connectivity index (χ1v) is 13.5. The van der Waals surface area contributed by atoms with Gasteiger partial charge in [-0.2, -0.15) is 0 Å². The topological polar surface area (TPSA) is 84.7 Å². The summed E-state index contributed by atoms with van der Waals surface area (Å²) in [5.41, 5.74) is 3.61. The van der Waals surface area contributed by atoms with Crippen LogP contribution >= 0.6 is 0 Å². The van der Waals surface area contributed by atoms with Crippen LogP contribution in [0.2, 0.25) is 0 Å². The minimum atomic E-state index is -0.367. The summed E-state index contributed by atoms with van der Waals surface area (Å²) in [5, 5.41) is 14.8. The normalized spacial score (nSPS) is 19.2. The van der Waals surface area contributed by atoms with Gasteiger partial charge in [-0.3, -0.25) is 20.2 Å². The number of benzene rings is 2. The Morgan fingerprint density at radius 1 is 1.11 bits per heavy atom. The highest BCUT2D eigenvalue weighted by atomic mass is 16.6. The highest BCUT2D eigenvalue weighted by Gasteiger charge is 2.28. The van der Waals surface area contributed by atoms with Crippen LogP contribution in [-0.2, 0) is 22.5 Å². The predicted molar refractivity (Wildman–Crippen MR) is 142 cm³/mol. The minimum absolute atomic E-state index is 0.102. The smallest absolute Gasteiger partial charge is 0.323 e. The summed E-state index contributed by atoms with van der Waals surface area (Å²) in [7, 11) is 0. The van der Waals surface area contributed by atoms with Crippen LogP contribution in [0.1, 0.15) is 69.4 Å². The fourth-order valence-electron chi connectivity index (χ4n) is 5.72. The third-order valence-electron chi connectivity index (χ3n) is 7.65. The molecule has 194 valence electrons. The molecule has 7 nitrogen and oxygen atoms in total. The van der Waals surface area contributed by atoms with Crippen molar-refractivity contribution in [2.24, 2.45) is 5.92 Å². The van der Waals surface area contributed by atoms with Crippen molar-refractivity contribution in [3.63, 3.8) is 0 Å². The van der Waals surface area contributed by atoms with E-state index in [4.69, 9.17) is 4.74 Å². The van der Waals surface area contributed by atoms with Crippen LogP contribution in [0.5, 0.6) is 0 Å². The standard InChI is InChI=1S/C29H39N3O4/c1-2-36-29(33)27(19-14-22-8-4-3-5-9-22)30-25-16-15-24-10-6-7-11-28(24)31(21-25)20-23-12-17-26(18-13-23)32(34)35/h6-7,10-13,17-18,22,25,27,30H,2-5,8-9,14-16,19-21H2,1H3/t25-,27-/m0/s1. The molecule has 7 heteroatoms. The molecule has 2 aliphatic rings. The van der Waals surface area contributed by atoms with Gasteiger partial charge in [-0.25, -0.2) is 0 Å². The van der Waals surface area contributed by atoms with E-state index in [0.29, 0.717) is 13.2 Å². The number of carbonyl (C=O) groups excluding carboxylic acids is 1. The third-order valence-corrected chi connectivity index (χ3v) is 7.65. The van der Waals surface area contributed by atoms with Gasteiger partial charge < -0.3 is 9.64 Å². The Morgan fingerprint density at radius 2 is 1.86 bits per heavy atom. The van der Waals surface area contributed by atoms with Gasteiger partial charge in [-0.05, 0) is 55.7 Å². The molecule has 0 bridgehead atoms. The van der Waals surface area contributed by atoms with Crippen LogP contribution < -0.4 is 10.2 Å². The number of hydrogen-bond acceptors (Lipinski definition) is 6. The summed E-state index contributed by atoms with van der Waals surface area (Å²) in [6, 6.07) is 15.1. The summed E-state index contributed by atoms with van der Waals surface area (Å²) in [4.78, 5) is 25.9. The maximum absolute atomic E-state index is 12.9. The molecule has 1 aliphatic heterocycles. The molecular weight excluding hydrogens is 454 g/mol. The van der Waals surface area contributed by atoms with Gasteiger partial charge in [0, 0.05) is 37.0 Å². The second kappa shape index (κ2) is 12.9. The zero-order valence-electron chi connectivity index (χ0n) is 21.4. The van der Waals surface area contributed by atoms with E-state index in [-0.39, 0.29) is 28.7 Å². The van der Waals surface area contributed by atoms with Crippen molar-refractivity contribution in [1.82, 2.24) is 5.32 Å². The van der Waals surface area contributed by atoms with E-state index >= 15 is 0 Å². The number of anilines is 1. The van der Waals surface area contributed by atoms with Crippen molar-refractivity contribution >= 4 is 17.3 Å². The number of nitrogens with one attached hydrogen (secondary N) is 1. The molecule has 1 aliphatic carbocycles. The molecule has 2 aromatic rings. The van der Waals surface area contributed by atoms with E-state index in [9.17, 15) is 14.9 Å². The van der Waals surface area contributed by atoms with E-state index in [2.05, 4.69) is 34.5 Å². The number of esters is 1. The molecule has 0 radical (unpaired) electrons. The second-order valence-corrected chi connectivity index (χ2v) is 10.2. The maximum Gasteiger partial charge on any atom is 0.323 e. The molecule has 0 amide bonds. The van der Waals surface area contributed by atoms with Crippen LogP contribution in [0.25, 0.3) is 0 Å². The van der Waals surface area contributed by atoms with Crippen LogP contribution in [0.15, 0.2) is 48.5 Å². The monoisotopic (exact) mass is 493 g/mol. The van der Waals surface area contributed by atoms with Crippen molar-refractivity contribution in [2.75, 3.05) is 18.1 Å². The van der Waals surface area contributed by atoms with E-state index in [1.165, 1.54) is 43.4 Å². The number of fused-ring (bicyclic) bond motifs is 1. The number of nitro benzene ring substituents is 1. The first-order chi connectivity index (χ1) is 17.5. The van der Waals surface area contributed by atoms with Crippen molar-refractivity contribution < 1.29 is 14.5 Å². The molecule has 4 rings (SSSR count). The number of rotatable bonds is 10. The Kier molecular flexibility index (Phi) is 9.34. The van der Waals surface area contributed by atoms with Gasteiger partial charge >= 0.3 is 5.97 Å². The summed E-state index contributed by atoms with van der Waals surface area (Å²) < 4.78 is 5.46. The van der Waals surface area contributed by atoms with Crippen LogP contribution in [0, 0.1) is 16.0 Å². The second-order valence-electron chi connectivity index (χ2n) is 10.2. The van der Waals surface area contributed by atoms with Gasteiger partial charge in [0.1, 0.15) is 6.04 Å². The Balaban J connectivity index is 1.48. The lowest BCUT2D eigenvalue weighted by Crippen LogP contribution is -2.48. The van der Waals surface area contributed by atoms with Crippen LogP contribution in [-0.4, -0.2) is 36.1 Å². The molecule has 0 unspecified atom stereocenters. The van der Waals surface area contributed by atoms with Gasteiger partial charge in [0.25, 0.3) is 5.69 Å². The number of non-ortho nitro benzene ring substituents is 1. The lowest BCUT2D eigenvalue weighted by atomic mass is 9.85. The lowest BCUT2D eigenvalue weighted by molar-refractivity contribution is -0.384. The maximum atomic E-state index is 12.9. The quantitative estimate of drug-likeness (QED) is 0.256. The highest BCUT2D eigenvalue weighted by Crippen LogP contribution is 2.30. The van der Waals surface area contributed by atoms with E-state index in [0.717, 1.165) is 43.7 Å². The largest absolute Gasteiger partial charge is 0.465 e. The number of para-hydroxylation sites is 1. The molecular formula is C29H39N3O4. The summed E-state index contributed by atoms with van der Waals surface area (Å²) in [6.07, 6.45) is 10.3. The Morgan fingerprint density at radius 3 is 2.58 bits per heavy atom. The van der Waals surface area contributed by atoms with Gasteiger partial charge in [0.05, 0.1) is 11.5 Å². The van der Waals surface area contributed by atoms with E-state index in [1.54, 1.807) is 12.1 Å². The van der Waals surface area contributed by atoms with Crippen molar-refractivity contribution in [2.45, 2.75) is 83.3 Å². The number of aryl methyl sites for hydroxylation is 1. The van der Waals surface area contributed by atoms with Gasteiger partial charge in [-0.15, -0.1) is 0 Å². The fourth-order valence-corrected chi connectivity index (χ4v) is 5.72. The first-order valence-electron chi connectivity index (χ1n) is 13.5. The molecule has 1 fully saturated rings. The molecule has 2 aromatic carbocycles. The van der Waals surface area contributed by atoms with Gasteiger partial charge in [-0.1, -0.05) is 62.4 Å². The van der Waals surface area contributed by atoms with E-state index in [1.807, 2.05) is 19.1 Å². The number of nitrogens with zero attached hydrogens (tertiary/aromatic N) is 2. The SMILES string of the molecule is CCOC(=O)[C@H](CCC1CCCCC1)N[C@H]1CCc2ccccc2N(Cc2ccc([N+](=O)[O-])cc2)C1. The molecule has 36 heavy (non-hydrogen) atoms. The van der Waals surface area contributed by atoms with Crippen molar-refractivity contribution in [3.8, 4) is 0 Å². The zero-order chi connectivity index (χ0) is 25.3. The molecule has 2 atom stereocenters. The summed E-state index contributed by atoms with van der Waals surface area (Å²) in [5.74, 6) is 0.575. The molecule has 1 N–H and O–H groups in total. The minimum Gasteiger partial charge on any atom is -0.465 e. The van der Waals surface area contributed by atoms with Gasteiger partial charge in [0.15, 0.2) is 0 Å². The number of carbonyl (C=O) groups is 1. The van der Waals surface area contributed by atoms with Crippen LogP contribution in [0.4, 0.5) is 11.4 Å². The Bertz CT molecular complexity index is 1000. The average Bonchev–Trinajstić information content (AvgIpc) is 3.07.